The number of nitrogens with zero attached hydrogens (tertiary/aromatic N) is 2. The van der Waals surface area contributed by atoms with E-state index in [1.54, 1.807) is 6.20 Å². The van der Waals surface area contributed by atoms with Crippen LogP contribution in [0.2, 0.25) is 5.02 Å². The maximum atomic E-state index is 12.0. The van der Waals surface area contributed by atoms with Gasteiger partial charge in [-0.05, 0) is 37.5 Å². The molecule has 0 spiro atoms. The quantitative estimate of drug-likeness (QED) is 0.792. The summed E-state index contributed by atoms with van der Waals surface area (Å²) in [6.07, 6.45) is 3.83. The van der Waals surface area contributed by atoms with E-state index in [2.05, 4.69) is 5.10 Å². The lowest BCUT2D eigenvalue weighted by atomic mass is 10.1. The number of halogens is 1. The number of carbonyl (C=O) groups is 1. The lowest BCUT2D eigenvalue weighted by molar-refractivity contribution is 0.0525. The Morgan fingerprint density at radius 2 is 2.29 bits per heavy atom. The fourth-order valence-corrected chi connectivity index (χ4v) is 2.70. The second kappa shape index (κ2) is 5.90. The molecule has 1 aromatic heterocycles. The van der Waals surface area contributed by atoms with E-state index in [1.807, 2.05) is 35.9 Å². The second-order valence-corrected chi connectivity index (χ2v) is 5.66. The van der Waals surface area contributed by atoms with E-state index in [9.17, 15) is 4.79 Å². The molecule has 5 heteroatoms. The number of esters is 1. The minimum Gasteiger partial charge on any atom is -0.462 e. The van der Waals surface area contributed by atoms with E-state index in [4.69, 9.17) is 16.3 Å². The average Bonchev–Trinajstić information content (AvgIpc) is 3.20. The highest BCUT2D eigenvalue weighted by molar-refractivity contribution is 6.30. The zero-order valence-electron chi connectivity index (χ0n) is 11.9. The van der Waals surface area contributed by atoms with Crippen molar-refractivity contribution in [1.29, 1.82) is 0 Å². The molecular formula is C16H17ClN2O2. The fourth-order valence-electron chi connectivity index (χ4n) is 2.48. The summed E-state index contributed by atoms with van der Waals surface area (Å²) in [5.74, 6) is 0.142. The standard InChI is InChI=1S/C16H17ClN2O2/c1-2-21-16(20)14-9-18-19(15(14)12-6-7-12)10-11-4-3-5-13(17)8-11/h3-5,8-9,12H,2,6-7,10H2,1H3. The van der Waals surface area contributed by atoms with E-state index in [1.165, 1.54) is 0 Å². The van der Waals surface area contributed by atoms with Gasteiger partial charge in [-0.1, -0.05) is 23.7 Å². The second-order valence-electron chi connectivity index (χ2n) is 5.23. The number of hydrogen-bond acceptors (Lipinski definition) is 3. The molecular weight excluding hydrogens is 288 g/mol. The number of aromatic nitrogens is 2. The summed E-state index contributed by atoms with van der Waals surface area (Å²) in [7, 11) is 0. The highest BCUT2D eigenvalue weighted by Gasteiger charge is 2.32. The highest BCUT2D eigenvalue weighted by atomic mass is 35.5. The van der Waals surface area contributed by atoms with Crippen molar-refractivity contribution in [2.75, 3.05) is 6.61 Å². The topological polar surface area (TPSA) is 44.1 Å². The van der Waals surface area contributed by atoms with Crippen molar-refractivity contribution in [1.82, 2.24) is 9.78 Å². The number of rotatable bonds is 5. The molecule has 1 aliphatic carbocycles. The molecule has 1 aliphatic rings. The van der Waals surface area contributed by atoms with Crippen LogP contribution in [0.1, 0.15) is 47.3 Å². The minimum atomic E-state index is -0.281. The van der Waals surface area contributed by atoms with Gasteiger partial charge in [-0.25, -0.2) is 4.79 Å². The van der Waals surface area contributed by atoms with E-state index < -0.39 is 0 Å². The molecule has 1 saturated carbocycles. The lowest BCUT2D eigenvalue weighted by Crippen LogP contribution is -2.10. The van der Waals surface area contributed by atoms with Gasteiger partial charge in [0, 0.05) is 10.9 Å². The van der Waals surface area contributed by atoms with E-state index >= 15 is 0 Å². The molecule has 1 aromatic carbocycles. The van der Waals surface area contributed by atoms with Gasteiger partial charge in [0.1, 0.15) is 5.56 Å². The van der Waals surface area contributed by atoms with Gasteiger partial charge < -0.3 is 4.74 Å². The van der Waals surface area contributed by atoms with Crippen LogP contribution in [-0.2, 0) is 11.3 Å². The predicted octanol–water partition coefficient (Wildman–Crippen LogP) is 3.64. The third-order valence-electron chi connectivity index (χ3n) is 3.56. The number of carbonyl (C=O) groups excluding carboxylic acids is 1. The molecule has 0 aliphatic heterocycles. The molecule has 0 radical (unpaired) electrons. The maximum absolute atomic E-state index is 12.0. The zero-order chi connectivity index (χ0) is 14.8. The van der Waals surface area contributed by atoms with Crippen LogP contribution in [-0.4, -0.2) is 22.4 Å². The molecule has 0 bridgehead atoms. The third-order valence-corrected chi connectivity index (χ3v) is 3.80. The summed E-state index contributed by atoms with van der Waals surface area (Å²) in [4.78, 5) is 12.0. The van der Waals surface area contributed by atoms with Crippen LogP contribution >= 0.6 is 11.6 Å². The van der Waals surface area contributed by atoms with Gasteiger partial charge in [0.05, 0.1) is 25.0 Å². The first kappa shape index (κ1) is 14.1. The van der Waals surface area contributed by atoms with Crippen LogP contribution in [0, 0.1) is 0 Å². The molecule has 0 unspecified atom stereocenters. The van der Waals surface area contributed by atoms with Gasteiger partial charge in [0.15, 0.2) is 0 Å². The van der Waals surface area contributed by atoms with Crippen molar-refractivity contribution in [3.8, 4) is 0 Å². The SMILES string of the molecule is CCOC(=O)c1cnn(Cc2cccc(Cl)c2)c1C1CC1. The van der Waals surface area contributed by atoms with Gasteiger partial charge >= 0.3 is 5.97 Å². The molecule has 21 heavy (non-hydrogen) atoms. The monoisotopic (exact) mass is 304 g/mol. The summed E-state index contributed by atoms with van der Waals surface area (Å²) >= 11 is 6.02. The van der Waals surface area contributed by atoms with Crippen molar-refractivity contribution in [2.45, 2.75) is 32.2 Å². The minimum absolute atomic E-state index is 0.281. The van der Waals surface area contributed by atoms with E-state index in [0.717, 1.165) is 24.1 Å². The van der Waals surface area contributed by atoms with E-state index in [-0.39, 0.29) is 5.97 Å². The van der Waals surface area contributed by atoms with Crippen molar-refractivity contribution >= 4 is 17.6 Å². The normalized spacial score (nSPS) is 14.2. The average molecular weight is 305 g/mol. The van der Waals surface area contributed by atoms with Crippen molar-refractivity contribution < 1.29 is 9.53 Å². The van der Waals surface area contributed by atoms with Crippen LogP contribution in [0.4, 0.5) is 0 Å². The number of benzene rings is 1. The van der Waals surface area contributed by atoms with Crippen LogP contribution in [0.5, 0.6) is 0 Å². The Hall–Kier alpha value is -1.81. The van der Waals surface area contributed by atoms with Gasteiger partial charge in [-0.3, -0.25) is 4.68 Å². The van der Waals surface area contributed by atoms with Gasteiger partial charge in [0.2, 0.25) is 0 Å². The Bertz CT molecular complexity index is 662. The number of ether oxygens (including phenoxy) is 1. The molecule has 0 amide bonds. The summed E-state index contributed by atoms with van der Waals surface area (Å²) in [6, 6.07) is 7.70. The Balaban J connectivity index is 1.90. The fraction of sp³-hybridized carbons (Fsp3) is 0.375. The maximum Gasteiger partial charge on any atom is 0.341 e. The van der Waals surface area contributed by atoms with Crippen molar-refractivity contribution in [3.63, 3.8) is 0 Å². The van der Waals surface area contributed by atoms with Gasteiger partial charge in [0.25, 0.3) is 0 Å². The number of hydrogen-bond donors (Lipinski definition) is 0. The van der Waals surface area contributed by atoms with Crippen LogP contribution in [0.15, 0.2) is 30.5 Å². The molecule has 0 saturated heterocycles. The lowest BCUT2D eigenvalue weighted by Gasteiger charge is -2.09. The highest BCUT2D eigenvalue weighted by Crippen LogP contribution is 2.42. The molecule has 2 aromatic rings. The first-order valence-electron chi connectivity index (χ1n) is 7.16. The molecule has 1 fully saturated rings. The third kappa shape index (κ3) is 3.10. The summed E-state index contributed by atoms with van der Waals surface area (Å²) < 4.78 is 7.01. The van der Waals surface area contributed by atoms with Crippen LogP contribution in [0.25, 0.3) is 0 Å². The molecule has 0 N–H and O–H groups in total. The first-order valence-corrected chi connectivity index (χ1v) is 7.54. The van der Waals surface area contributed by atoms with Gasteiger partial charge in [-0.2, -0.15) is 5.10 Å². The Morgan fingerprint density at radius 1 is 1.48 bits per heavy atom. The van der Waals surface area contributed by atoms with Crippen LogP contribution in [0.3, 0.4) is 0 Å². The molecule has 110 valence electrons. The molecule has 1 heterocycles. The Labute approximate surface area is 128 Å². The smallest absolute Gasteiger partial charge is 0.341 e. The van der Waals surface area contributed by atoms with Crippen molar-refractivity contribution in [2.24, 2.45) is 0 Å². The zero-order valence-corrected chi connectivity index (χ0v) is 12.6. The summed E-state index contributed by atoms with van der Waals surface area (Å²) in [5.41, 5.74) is 2.66. The summed E-state index contributed by atoms with van der Waals surface area (Å²) in [6.45, 7) is 2.80. The first-order chi connectivity index (χ1) is 10.2. The van der Waals surface area contributed by atoms with Gasteiger partial charge in [-0.15, -0.1) is 0 Å². The van der Waals surface area contributed by atoms with E-state index in [0.29, 0.717) is 29.7 Å². The predicted molar refractivity (Wildman–Crippen MR) is 80.7 cm³/mol. The molecule has 3 rings (SSSR count). The van der Waals surface area contributed by atoms with Crippen molar-refractivity contribution in [3.05, 3.63) is 52.3 Å². The Morgan fingerprint density at radius 3 is 2.95 bits per heavy atom. The molecule has 4 nitrogen and oxygen atoms in total. The Kier molecular flexibility index (Phi) is 3.97. The van der Waals surface area contributed by atoms with Crippen LogP contribution < -0.4 is 0 Å². The molecule has 0 atom stereocenters. The summed E-state index contributed by atoms with van der Waals surface area (Å²) in [5, 5.41) is 5.09. The largest absolute Gasteiger partial charge is 0.462 e.